The zero-order valence-corrected chi connectivity index (χ0v) is 11.5. The Labute approximate surface area is 106 Å². The molecule has 1 aromatic rings. The van der Waals surface area contributed by atoms with Crippen molar-refractivity contribution < 1.29 is 4.79 Å². The Morgan fingerprint density at radius 3 is 2.50 bits per heavy atom. The van der Waals surface area contributed by atoms with E-state index in [1.165, 1.54) is 0 Å². The van der Waals surface area contributed by atoms with Crippen LogP contribution in [0, 0.1) is 5.92 Å². The van der Waals surface area contributed by atoms with Crippen molar-refractivity contribution in [2.75, 3.05) is 0 Å². The van der Waals surface area contributed by atoms with Gasteiger partial charge in [-0.05, 0) is 47.3 Å². The fourth-order valence-corrected chi connectivity index (χ4v) is 2.18. The van der Waals surface area contributed by atoms with Gasteiger partial charge in [-0.2, -0.15) is 0 Å². The molecule has 1 unspecified atom stereocenters. The molecule has 0 radical (unpaired) electrons. The zero-order chi connectivity index (χ0) is 12.1. The third-order valence-electron chi connectivity index (χ3n) is 2.32. The standard InChI is InChI=1S/C13H18BrNO/c1-9(2)8-10(3)15-13(16)11-6-4-5-7-12(11)14/h4-7,9-10H,8H2,1-3H3,(H,15,16). The summed E-state index contributed by atoms with van der Waals surface area (Å²) in [5.41, 5.74) is 0.693. The molecule has 0 heterocycles. The van der Waals surface area contributed by atoms with Crippen molar-refractivity contribution in [3.63, 3.8) is 0 Å². The Hall–Kier alpha value is -0.830. The van der Waals surface area contributed by atoms with Gasteiger partial charge in [0.05, 0.1) is 5.56 Å². The van der Waals surface area contributed by atoms with Crippen molar-refractivity contribution in [2.45, 2.75) is 33.2 Å². The van der Waals surface area contributed by atoms with Gasteiger partial charge in [-0.15, -0.1) is 0 Å². The minimum atomic E-state index is -0.0133. The van der Waals surface area contributed by atoms with Crippen molar-refractivity contribution in [3.8, 4) is 0 Å². The molecule has 1 N–H and O–H groups in total. The number of carbonyl (C=O) groups is 1. The van der Waals surface area contributed by atoms with Gasteiger partial charge in [-0.1, -0.05) is 26.0 Å². The molecule has 0 saturated carbocycles. The zero-order valence-electron chi connectivity index (χ0n) is 9.96. The maximum absolute atomic E-state index is 11.9. The van der Waals surface area contributed by atoms with Crippen molar-refractivity contribution in [3.05, 3.63) is 34.3 Å². The number of carbonyl (C=O) groups excluding carboxylic acids is 1. The molecule has 88 valence electrons. The summed E-state index contributed by atoms with van der Waals surface area (Å²) in [5, 5.41) is 3.00. The van der Waals surface area contributed by atoms with Crippen LogP contribution >= 0.6 is 15.9 Å². The van der Waals surface area contributed by atoms with Gasteiger partial charge >= 0.3 is 0 Å². The topological polar surface area (TPSA) is 29.1 Å². The average molecular weight is 284 g/mol. The molecule has 0 saturated heterocycles. The van der Waals surface area contributed by atoms with Crippen LogP contribution in [0.4, 0.5) is 0 Å². The number of hydrogen-bond acceptors (Lipinski definition) is 1. The molecule has 16 heavy (non-hydrogen) atoms. The molecule has 0 fully saturated rings. The highest BCUT2D eigenvalue weighted by Gasteiger charge is 2.12. The van der Waals surface area contributed by atoms with E-state index >= 15 is 0 Å². The predicted octanol–water partition coefficient (Wildman–Crippen LogP) is 3.61. The second-order valence-corrected chi connectivity index (χ2v) is 5.34. The van der Waals surface area contributed by atoms with Gasteiger partial charge in [-0.25, -0.2) is 0 Å². The summed E-state index contributed by atoms with van der Waals surface area (Å²) in [7, 11) is 0. The van der Waals surface area contributed by atoms with E-state index in [1.807, 2.05) is 31.2 Å². The second-order valence-electron chi connectivity index (χ2n) is 4.48. The van der Waals surface area contributed by atoms with E-state index in [9.17, 15) is 4.79 Å². The summed E-state index contributed by atoms with van der Waals surface area (Å²) in [5.74, 6) is 0.579. The van der Waals surface area contributed by atoms with Crippen LogP contribution in [0.2, 0.25) is 0 Å². The lowest BCUT2D eigenvalue weighted by molar-refractivity contribution is 0.0935. The molecule has 0 aliphatic heterocycles. The van der Waals surface area contributed by atoms with Gasteiger partial charge in [0.25, 0.3) is 5.91 Å². The highest BCUT2D eigenvalue weighted by atomic mass is 79.9. The van der Waals surface area contributed by atoms with E-state index in [1.54, 1.807) is 0 Å². The van der Waals surface area contributed by atoms with E-state index in [0.29, 0.717) is 11.5 Å². The van der Waals surface area contributed by atoms with Crippen LogP contribution in [0.1, 0.15) is 37.6 Å². The van der Waals surface area contributed by atoms with E-state index in [2.05, 4.69) is 35.1 Å². The van der Waals surface area contributed by atoms with Crippen molar-refractivity contribution >= 4 is 21.8 Å². The summed E-state index contributed by atoms with van der Waals surface area (Å²) < 4.78 is 0.837. The highest BCUT2D eigenvalue weighted by molar-refractivity contribution is 9.10. The minimum absolute atomic E-state index is 0.0133. The molecular formula is C13H18BrNO. The Morgan fingerprint density at radius 2 is 1.94 bits per heavy atom. The van der Waals surface area contributed by atoms with Gasteiger partial charge in [0.2, 0.25) is 0 Å². The lowest BCUT2D eigenvalue weighted by Gasteiger charge is -2.16. The van der Waals surface area contributed by atoms with Crippen LogP contribution in [0.15, 0.2) is 28.7 Å². The maximum Gasteiger partial charge on any atom is 0.252 e. The first kappa shape index (κ1) is 13.2. The number of rotatable bonds is 4. The molecule has 0 spiro atoms. The monoisotopic (exact) mass is 283 g/mol. The van der Waals surface area contributed by atoms with Gasteiger partial charge in [-0.3, -0.25) is 4.79 Å². The van der Waals surface area contributed by atoms with E-state index in [0.717, 1.165) is 10.9 Å². The lowest BCUT2D eigenvalue weighted by Crippen LogP contribution is -2.33. The number of amides is 1. The number of nitrogens with one attached hydrogen (secondary N) is 1. The summed E-state index contributed by atoms with van der Waals surface area (Å²) in [6.07, 6.45) is 0.996. The summed E-state index contributed by atoms with van der Waals surface area (Å²) in [6.45, 7) is 6.34. The number of halogens is 1. The quantitative estimate of drug-likeness (QED) is 0.899. The van der Waals surface area contributed by atoms with Crippen LogP contribution in [-0.4, -0.2) is 11.9 Å². The smallest absolute Gasteiger partial charge is 0.252 e. The molecule has 0 bridgehead atoms. The van der Waals surface area contributed by atoms with E-state index in [4.69, 9.17) is 0 Å². The van der Waals surface area contributed by atoms with Gasteiger partial charge < -0.3 is 5.32 Å². The van der Waals surface area contributed by atoms with Crippen molar-refractivity contribution in [1.82, 2.24) is 5.32 Å². The Bertz CT molecular complexity index is 363. The van der Waals surface area contributed by atoms with Crippen molar-refractivity contribution in [1.29, 1.82) is 0 Å². The van der Waals surface area contributed by atoms with Crippen LogP contribution in [0.25, 0.3) is 0 Å². The highest BCUT2D eigenvalue weighted by Crippen LogP contribution is 2.16. The first-order chi connectivity index (χ1) is 7.50. The van der Waals surface area contributed by atoms with Crippen LogP contribution in [0.3, 0.4) is 0 Å². The molecule has 1 aromatic carbocycles. The third kappa shape index (κ3) is 3.97. The summed E-state index contributed by atoms with van der Waals surface area (Å²) in [6, 6.07) is 7.67. The largest absolute Gasteiger partial charge is 0.350 e. The first-order valence-corrected chi connectivity index (χ1v) is 6.35. The second kappa shape index (κ2) is 6.04. The fraction of sp³-hybridized carbons (Fsp3) is 0.462. The summed E-state index contributed by atoms with van der Waals surface area (Å²) >= 11 is 3.38. The minimum Gasteiger partial charge on any atom is -0.350 e. The van der Waals surface area contributed by atoms with E-state index < -0.39 is 0 Å². The molecule has 2 nitrogen and oxygen atoms in total. The molecular weight excluding hydrogens is 266 g/mol. The molecule has 1 rings (SSSR count). The van der Waals surface area contributed by atoms with E-state index in [-0.39, 0.29) is 11.9 Å². The van der Waals surface area contributed by atoms with Crippen LogP contribution < -0.4 is 5.32 Å². The van der Waals surface area contributed by atoms with Crippen LogP contribution in [-0.2, 0) is 0 Å². The van der Waals surface area contributed by atoms with Gasteiger partial charge in [0.15, 0.2) is 0 Å². The molecule has 0 aliphatic carbocycles. The average Bonchev–Trinajstić information content (AvgIpc) is 2.16. The third-order valence-corrected chi connectivity index (χ3v) is 3.01. The van der Waals surface area contributed by atoms with Gasteiger partial charge in [0, 0.05) is 10.5 Å². The fourth-order valence-electron chi connectivity index (χ4n) is 1.71. The normalized spacial score (nSPS) is 12.6. The SMILES string of the molecule is CC(C)CC(C)NC(=O)c1ccccc1Br. The predicted molar refractivity (Wildman–Crippen MR) is 70.5 cm³/mol. The maximum atomic E-state index is 11.9. The van der Waals surface area contributed by atoms with Crippen molar-refractivity contribution in [2.24, 2.45) is 5.92 Å². The summed E-state index contributed by atoms with van der Waals surface area (Å²) in [4.78, 5) is 11.9. The Balaban J connectivity index is 2.63. The molecule has 3 heteroatoms. The molecule has 1 atom stereocenters. The number of benzene rings is 1. The molecule has 0 aromatic heterocycles. The Morgan fingerprint density at radius 1 is 1.31 bits per heavy atom. The Kier molecular flexibility index (Phi) is 5.00. The first-order valence-electron chi connectivity index (χ1n) is 5.56. The number of hydrogen-bond donors (Lipinski definition) is 1. The van der Waals surface area contributed by atoms with Crippen LogP contribution in [0.5, 0.6) is 0 Å². The molecule has 0 aliphatic rings. The molecule has 1 amide bonds. The van der Waals surface area contributed by atoms with Gasteiger partial charge in [0.1, 0.15) is 0 Å². The lowest BCUT2D eigenvalue weighted by atomic mass is 10.0.